The third kappa shape index (κ3) is 2.15. The van der Waals surface area contributed by atoms with Crippen LogP contribution in [0.5, 0.6) is 0 Å². The molecular formula is C16H20N2O2. The number of piperidine rings is 1. The summed E-state index contributed by atoms with van der Waals surface area (Å²) < 4.78 is 1.74. The number of fused-ring (bicyclic) bond motifs is 1. The normalized spacial score (nSPS) is 16.8. The van der Waals surface area contributed by atoms with Crippen molar-refractivity contribution in [3.05, 3.63) is 30.0 Å². The highest BCUT2D eigenvalue weighted by Gasteiger charge is 2.17. The van der Waals surface area contributed by atoms with Crippen molar-refractivity contribution >= 4 is 22.6 Å². The number of nitrogens with zero attached hydrogens (tertiary/aromatic N) is 2. The Hall–Kier alpha value is -1.97. The molecule has 1 N–H and O–H groups in total. The standard InChI is InChI=1S/C16H20N2O2/c1-11-5-7-18(8-6-11)13-3-4-14-12(9-13)10-15(16(19)20)17(14)2/h3-4,9-11H,5-8H2,1-2H3,(H,19,20). The maximum absolute atomic E-state index is 11.2. The fourth-order valence-electron chi connectivity index (χ4n) is 3.01. The first-order valence-corrected chi connectivity index (χ1v) is 7.14. The molecule has 0 unspecified atom stereocenters. The first-order valence-electron chi connectivity index (χ1n) is 7.14. The van der Waals surface area contributed by atoms with Gasteiger partial charge in [0, 0.05) is 36.7 Å². The lowest BCUT2D eigenvalue weighted by molar-refractivity contribution is 0.0687. The van der Waals surface area contributed by atoms with Gasteiger partial charge in [0.25, 0.3) is 0 Å². The smallest absolute Gasteiger partial charge is 0.352 e. The van der Waals surface area contributed by atoms with Gasteiger partial charge in [0.15, 0.2) is 0 Å². The molecule has 1 aromatic heterocycles. The number of aryl methyl sites for hydroxylation is 1. The van der Waals surface area contributed by atoms with E-state index in [1.54, 1.807) is 17.7 Å². The van der Waals surface area contributed by atoms with E-state index in [0.29, 0.717) is 5.69 Å². The van der Waals surface area contributed by atoms with E-state index in [1.807, 2.05) is 6.07 Å². The molecule has 1 aliphatic rings. The highest BCUT2D eigenvalue weighted by atomic mass is 16.4. The summed E-state index contributed by atoms with van der Waals surface area (Å²) >= 11 is 0. The van der Waals surface area contributed by atoms with Gasteiger partial charge >= 0.3 is 5.97 Å². The van der Waals surface area contributed by atoms with Crippen molar-refractivity contribution in [1.29, 1.82) is 0 Å². The third-order valence-corrected chi connectivity index (χ3v) is 4.39. The van der Waals surface area contributed by atoms with Crippen molar-refractivity contribution in [2.24, 2.45) is 13.0 Å². The summed E-state index contributed by atoms with van der Waals surface area (Å²) in [6, 6.07) is 7.99. The van der Waals surface area contributed by atoms with Crippen LogP contribution in [0, 0.1) is 5.92 Å². The van der Waals surface area contributed by atoms with Gasteiger partial charge in [-0.25, -0.2) is 4.79 Å². The van der Waals surface area contributed by atoms with Gasteiger partial charge in [-0.15, -0.1) is 0 Å². The van der Waals surface area contributed by atoms with Crippen LogP contribution in [0.25, 0.3) is 10.9 Å². The molecule has 1 aromatic carbocycles. The Morgan fingerprint density at radius 1 is 1.25 bits per heavy atom. The van der Waals surface area contributed by atoms with Crippen LogP contribution in [0.3, 0.4) is 0 Å². The molecule has 0 spiro atoms. The van der Waals surface area contributed by atoms with Crippen molar-refractivity contribution in [3.63, 3.8) is 0 Å². The number of carboxylic acid groups (broad SMARTS) is 1. The second-order valence-electron chi connectivity index (χ2n) is 5.81. The van der Waals surface area contributed by atoms with Crippen LogP contribution in [0.15, 0.2) is 24.3 Å². The van der Waals surface area contributed by atoms with E-state index in [4.69, 9.17) is 0 Å². The van der Waals surface area contributed by atoms with E-state index < -0.39 is 5.97 Å². The molecule has 4 heteroatoms. The molecule has 0 aliphatic carbocycles. The molecule has 1 fully saturated rings. The molecule has 20 heavy (non-hydrogen) atoms. The number of carbonyl (C=O) groups is 1. The van der Waals surface area contributed by atoms with Gasteiger partial charge in [0.1, 0.15) is 5.69 Å². The van der Waals surface area contributed by atoms with E-state index in [1.165, 1.54) is 18.5 Å². The van der Waals surface area contributed by atoms with Gasteiger partial charge in [-0.3, -0.25) is 0 Å². The van der Waals surface area contributed by atoms with E-state index in [9.17, 15) is 9.90 Å². The number of carboxylic acids is 1. The summed E-state index contributed by atoms with van der Waals surface area (Å²) in [7, 11) is 1.80. The zero-order chi connectivity index (χ0) is 14.3. The monoisotopic (exact) mass is 272 g/mol. The number of rotatable bonds is 2. The molecular weight excluding hydrogens is 252 g/mol. The van der Waals surface area contributed by atoms with E-state index >= 15 is 0 Å². The fourth-order valence-corrected chi connectivity index (χ4v) is 3.01. The summed E-state index contributed by atoms with van der Waals surface area (Å²) in [6.45, 7) is 4.48. The molecule has 0 radical (unpaired) electrons. The second-order valence-corrected chi connectivity index (χ2v) is 5.81. The van der Waals surface area contributed by atoms with Crippen LogP contribution in [0.4, 0.5) is 5.69 Å². The molecule has 0 atom stereocenters. The van der Waals surface area contributed by atoms with Crippen LogP contribution in [0.2, 0.25) is 0 Å². The number of aromatic nitrogens is 1. The van der Waals surface area contributed by atoms with Gasteiger partial charge < -0.3 is 14.6 Å². The van der Waals surface area contributed by atoms with Crippen molar-refractivity contribution in [1.82, 2.24) is 4.57 Å². The van der Waals surface area contributed by atoms with Crippen molar-refractivity contribution in [2.75, 3.05) is 18.0 Å². The Labute approximate surface area is 118 Å². The largest absolute Gasteiger partial charge is 0.477 e. The second kappa shape index (κ2) is 4.85. The minimum absolute atomic E-state index is 0.337. The predicted octanol–water partition coefficient (Wildman–Crippen LogP) is 3.11. The first kappa shape index (κ1) is 13.0. The Kier molecular flexibility index (Phi) is 3.16. The molecule has 4 nitrogen and oxygen atoms in total. The lowest BCUT2D eigenvalue weighted by Crippen LogP contribution is -2.32. The van der Waals surface area contributed by atoms with Gasteiger partial charge in [-0.2, -0.15) is 0 Å². The molecule has 0 amide bonds. The zero-order valence-electron chi connectivity index (χ0n) is 12.0. The number of hydrogen-bond donors (Lipinski definition) is 1. The molecule has 2 heterocycles. The molecule has 1 saturated heterocycles. The number of aromatic carboxylic acids is 1. The van der Waals surface area contributed by atoms with Gasteiger partial charge in [-0.1, -0.05) is 6.92 Å². The van der Waals surface area contributed by atoms with Crippen molar-refractivity contribution in [2.45, 2.75) is 19.8 Å². The van der Waals surface area contributed by atoms with Gasteiger partial charge in [0.05, 0.1) is 0 Å². The minimum Gasteiger partial charge on any atom is -0.477 e. The molecule has 0 bridgehead atoms. The first-order chi connectivity index (χ1) is 9.56. The number of hydrogen-bond acceptors (Lipinski definition) is 2. The van der Waals surface area contributed by atoms with Crippen LogP contribution < -0.4 is 4.90 Å². The average molecular weight is 272 g/mol. The molecule has 106 valence electrons. The van der Waals surface area contributed by atoms with Crippen LogP contribution in [-0.2, 0) is 7.05 Å². The highest BCUT2D eigenvalue weighted by Crippen LogP contribution is 2.28. The van der Waals surface area contributed by atoms with Crippen molar-refractivity contribution in [3.8, 4) is 0 Å². The summed E-state index contributed by atoms with van der Waals surface area (Å²) in [5, 5.41) is 10.2. The predicted molar refractivity (Wildman–Crippen MR) is 80.5 cm³/mol. The molecule has 3 rings (SSSR count). The molecule has 1 aliphatic heterocycles. The topological polar surface area (TPSA) is 45.5 Å². The maximum atomic E-state index is 11.2. The Balaban J connectivity index is 1.96. The van der Waals surface area contributed by atoms with Gasteiger partial charge in [0.2, 0.25) is 0 Å². The summed E-state index contributed by atoms with van der Waals surface area (Å²) in [5.41, 5.74) is 2.51. The Morgan fingerprint density at radius 3 is 2.60 bits per heavy atom. The number of anilines is 1. The maximum Gasteiger partial charge on any atom is 0.352 e. The lowest BCUT2D eigenvalue weighted by Gasteiger charge is -2.32. The number of benzene rings is 1. The fraction of sp³-hybridized carbons (Fsp3) is 0.438. The average Bonchev–Trinajstić information content (AvgIpc) is 2.77. The Bertz CT molecular complexity index is 652. The van der Waals surface area contributed by atoms with Crippen LogP contribution in [-0.4, -0.2) is 28.7 Å². The Morgan fingerprint density at radius 2 is 1.95 bits per heavy atom. The van der Waals surface area contributed by atoms with Gasteiger partial charge in [-0.05, 0) is 43.0 Å². The van der Waals surface area contributed by atoms with E-state index in [-0.39, 0.29) is 0 Å². The molecule has 2 aromatic rings. The summed E-state index contributed by atoms with van der Waals surface area (Å²) in [6.07, 6.45) is 2.46. The highest BCUT2D eigenvalue weighted by molar-refractivity contribution is 5.95. The summed E-state index contributed by atoms with van der Waals surface area (Å²) in [4.78, 5) is 13.6. The zero-order valence-corrected chi connectivity index (χ0v) is 12.0. The van der Waals surface area contributed by atoms with Crippen LogP contribution in [0.1, 0.15) is 30.3 Å². The SMILES string of the molecule is CC1CCN(c2ccc3c(c2)cc(C(=O)O)n3C)CC1. The van der Waals surface area contributed by atoms with E-state index in [2.05, 4.69) is 24.0 Å². The molecule has 0 saturated carbocycles. The minimum atomic E-state index is -0.878. The van der Waals surface area contributed by atoms with Crippen LogP contribution >= 0.6 is 0 Å². The van der Waals surface area contributed by atoms with Crippen molar-refractivity contribution < 1.29 is 9.90 Å². The lowest BCUT2D eigenvalue weighted by atomic mass is 9.99. The summed E-state index contributed by atoms with van der Waals surface area (Å²) in [5.74, 6) is -0.0673. The van der Waals surface area contributed by atoms with E-state index in [0.717, 1.165) is 29.9 Å². The third-order valence-electron chi connectivity index (χ3n) is 4.39. The quantitative estimate of drug-likeness (QED) is 0.913.